The summed E-state index contributed by atoms with van der Waals surface area (Å²) in [6, 6.07) is 4.39. The van der Waals surface area contributed by atoms with Crippen LogP contribution in [-0.2, 0) is 44.6 Å². The van der Waals surface area contributed by atoms with Crippen LogP contribution in [0.25, 0.3) is 11.4 Å². The van der Waals surface area contributed by atoms with Gasteiger partial charge in [-0.3, -0.25) is 24.3 Å². The first-order chi connectivity index (χ1) is 28.8. The van der Waals surface area contributed by atoms with E-state index in [0.29, 0.717) is 24.4 Å². The zero-order chi connectivity index (χ0) is 45.4. The molecule has 3 fully saturated rings. The summed E-state index contributed by atoms with van der Waals surface area (Å²) in [6.07, 6.45) is 4.20. The first kappa shape index (κ1) is 49.8. The summed E-state index contributed by atoms with van der Waals surface area (Å²) in [6.45, 7) is 14.3. The van der Waals surface area contributed by atoms with E-state index in [2.05, 4.69) is 15.3 Å². The fourth-order valence-electron chi connectivity index (χ4n) is 9.06. The van der Waals surface area contributed by atoms with Gasteiger partial charge in [0.2, 0.25) is 0 Å². The van der Waals surface area contributed by atoms with Crippen molar-refractivity contribution in [2.45, 2.75) is 135 Å². The third-order valence-electron chi connectivity index (χ3n) is 12.4. The van der Waals surface area contributed by atoms with Gasteiger partial charge < -0.3 is 33.7 Å². The molecule has 0 spiro atoms. The van der Waals surface area contributed by atoms with Crippen LogP contribution in [-0.4, -0.2) is 147 Å². The SMILES string of the molecule is CC[C@H]1OC(=O)[C@H](C)C(=O)[C@H](C)[C@@H](O[C@@H]2OC(C)CC(N(C)C)C2O)[C@](C)(OC)C[C@@H](C)C(=O)[C@H](C)[C@H]2N(C/C=C/Cn3cc(-c4ccccn4)nn3)C(=O)O[C@]12C.CSF. The van der Waals surface area contributed by atoms with Crippen LogP contribution >= 0.6 is 12.1 Å². The molecule has 5 rings (SSSR count). The third kappa shape index (κ3) is 11.2. The molecule has 61 heavy (non-hydrogen) atoms. The highest BCUT2D eigenvalue weighted by atomic mass is 32.2. The summed E-state index contributed by atoms with van der Waals surface area (Å²) >= 11 is 0.250. The van der Waals surface area contributed by atoms with Crippen LogP contribution in [0.2, 0.25) is 0 Å². The third-order valence-corrected chi connectivity index (χ3v) is 12.4. The van der Waals surface area contributed by atoms with E-state index in [4.69, 9.17) is 23.7 Å². The van der Waals surface area contributed by atoms with Crippen LogP contribution in [0.15, 0.2) is 42.7 Å². The van der Waals surface area contributed by atoms with E-state index >= 15 is 0 Å². The summed E-state index contributed by atoms with van der Waals surface area (Å²) in [7, 11) is 5.22. The molecular weight excluding hydrogens is 812 g/mol. The number of aliphatic hydroxyl groups is 1. The second-order valence-electron chi connectivity index (χ2n) is 17.0. The number of halogens is 1. The lowest BCUT2D eigenvalue weighted by Gasteiger charge is -2.47. The molecule has 0 radical (unpaired) electrons. The van der Waals surface area contributed by atoms with Crippen LogP contribution < -0.4 is 0 Å². The number of amides is 1. The molecule has 1 amide bonds. The van der Waals surface area contributed by atoms with E-state index in [-0.39, 0.29) is 49.5 Å². The molecule has 0 bridgehead atoms. The number of rotatable bonds is 10. The number of Topliss-reactive ketones (excluding diaryl/α,β-unsaturated/α-hetero) is 2. The molecule has 2 aromatic heterocycles. The highest BCUT2D eigenvalue weighted by Crippen LogP contribution is 2.43. The Labute approximate surface area is 363 Å². The number of likely N-dealkylation sites (N-methyl/N-ethyl adjacent to an activating group) is 1. The lowest BCUT2D eigenvalue weighted by molar-refractivity contribution is -0.295. The number of esters is 1. The molecule has 2 aromatic rings. The number of aromatic nitrogens is 4. The zero-order valence-corrected chi connectivity index (χ0v) is 38.3. The largest absolute Gasteiger partial charge is 0.458 e. The predicted octanol–water partition coefficient (Wildman–Crippen LogP) is 5.33. The van der Waals surface area contributed by atoms with Crippen molar-refractivity contribution in [3.8, 4) is 11.4 Å². The van der Waals surface area contributed by atoms with Gasteiger partial charge in [0.25, 0.3) is 0 Å². The molecule has 3 unspecified atom stereocenters. The average molecular weight is 877 g/mol. The topological polar surface area (TPSA) is 185 Å². The Hall–Kier alpha value is -3.81. The lowest BCUT2D eigenvalue weighted by Crippen LogP contribution is -2.60. The van der Waals surface area contributed by atoms with Gasteiger partial charge >= 0.3 is 12.1 Å². The molecule has 340 valence electrons. The van der Waals surface area contributed by atoms with Gasteiger partial charge in [-0.1, -0.05) is 51.1 Å². The number of allylic oxidation sites excluding steroid dienone is 1. The van der Waals surface area contributed by atoms with E-state index in [1.165, 1.54) is 25.2 Å². The Kier molecular flexibility index (Phi) is 17.6. The smallest absolute Gasteiger partial charge is 0.411 e. The standard InChI is InChI=1S/C42H62N6O10.CH3FS/c1-12-32-42(8)36(48(40(53)58-42)20-16-15-19-47-23-30(44-45-47)29-17-13-14-18-43-29)26(4)33(49)24(2)22-41(7,54-11)37(27(5)34(50)28(6)38(52)56-32)57-39-35(51)31(46(9)10)21-25(3)55-39;1-3-2/h13-18,23-28,31-32,35-37,39,51H,12,19-22H2,1-11H3;1H3/b16-15+;/t24-,25?,26+,27+,28-,31?,32-,35?,36-,37-,39+,41-,42-;/m1./s1. The molecule has 5 heterocycles. The van der Waals surface area contributed by atoms with Crippen molar-refractivity contribution in [1.82, 2.24) is 29.8 Å². The molecule has 16 nitrogen and oxygen atoms in total. The first-order valence-corrected chi connectivity index (χ1v) is 22.0. The molecule has 0 saturated carbocycles. The van der Waals surface area contributed by atoms with Crippen molar-refractivity contribution in [2.75, 3.05) is 34.0 Å². The average Bonchev–Trinajstić information content (AvgIpc) is 3.81. The first-order valence-electron chi connectivity index (χ1n) is 20.9. The van der Waals surface area contributed by atoms with Crippen LogP contribution in [0.1, 0.15) is 74.7 Å². The molecule has 3 aliphatic heterocycles. The minimum absolute atomic E-state index is 0.0887. The maximum absolute atomic E-state index is 14.7. The van der Waals surface area contributed by atoms with Crippen LogP contribution in [0.4, 0.5) is 8.68 Å². The van der Waals surface area contributed by atoms with E-state index in [1.807, 2.05) is 50.2 Å². The number of hydrogen-bond donors (Lipinski definition) is 1. The predicted molar refractivity (Wildman–Crippen MR) is 227 cm³/mol. The second-order valence-corrected chi connectivity index (χ2v) is 17.3. The summed E-state index contributed by atoms with van der Waals surface area (Å²) in [5, 5.41) is 19.8. The summed E-state index contributed by atoms with van der Waals surface area (Å²) < 4.78 is 43.0. The lowest BCUT2D eigenvalue weighted by atomic mass is 9.73. The van der Waals surface area contributed by atoms with Crippen LogP contribution in [0, 0.1) is 23.7 Å². The highest BCUT2D eigenvalue weighted by Gasteiger charge is 2.60. The van der Waals surface area contributed by atoms with Gasteiger partial charge in [-0.2, -0.15) is 3.89 Å². The molecule has 3 aliphatic rings. The fraction of sp³-hybridized carbons (Fsp3) is 0.698. The number of carbonyl (C=O) groups excluding carboxylic acids is 4. The van der Waals surface area contributed by atoms with Crippen molar-refractivity contribution in [1.29, 1.82) is 0 Å². The molecule has 3 saturated heterocycles. The van der Waals surface area contributed by atoms with E-state index in [9.17, 15) is 28.2 Å². The number of methoxy groups -OCH3 is 1. The van der Waals surface area contributed by atoms with Gasteiger partial charge in [0.15, 0.2) is 17.7 Å². The summed E-state index contributed by atoms with van der Waals surface area (Å²) in [5.41, 5.74) is -1.42. The minimum atomic E-state index is -1.45. The van der Waals surface area contributed by atoms with Crippen molar-refractivity contribution in [3.05, 3.63) is 42.7 Å². The molecular formula is C43H65FN6O10S. The van der Waals surface area contributed by atoms with Crippen molar-refractivity contribution >= 4 is 35.8 Å². The fourth-order valence-corrected chi connectivity index (χ4v) is 9.06. The number of fused-ring (bicyclic) bond motifs is 1. The van der Waals surface area contributed by atoms with Crippen molar-refractivity contribution in [2.24, 2.45) is 23.7 Å². The monoisotopic (exact) mass is 876 g/mol. The van der Waals surface area contributed by atoms with Crippen molar-refractivity contribution < 1.29 is 51.9 Å². The van der Waals surface area contributed by atoms with Crippen LogP contribution in [0.5, 0.6) is 0 Å². The molecule has 0 aromatic carbocycles. The Morgan fingerprint density at radius 3 is 2.31 bits per heavy atom. The Morgan fingerprint density at radius 2 is 1.70 bits per heavy atom. The molecule has 13 atom stereocenters. The Balaban J connectivity index is 0.00000265. The molecule has 1 N–H and O–H groups in total. The Bertz CT molecular complexity index is 1820. The number of ether oxygens (including phenoxy) is 5. The van der Waals surface area contributed by atoms with Crippen LogP contribution in [0.3, 0.4) is 0 Å². The van der Waals surface area contributed by atoms with E-state index in [0.717, 1.165) is 0 Å². The van der Waals surface area contributed by atoms with Gasteiger partial charge in [-0.15, -0.1) is 5.10 Å². The second kappa shape index (κ2) is 21.5. The molecule has 0 aliphatic carbocycles. The van der Waals surface area contributed by atoms with Gasteiger partial charge in [-0.25, -0.2) is 9.48 Å². The van der Waals surface area contributed by atoms with Crippen molar-refractivity contribution in [3.63, 3.8) is 0 Å². The number of aliphatic hydroxyl groups excluding tert-OH is 1. The summed E-state index contributed by atoms with van der Waals surface area (Å²) in [5.74, 6) is -5.13. The normalized spacial score (nSPS) is 35.3. The Morgan fingerprint density at radius 1 is 1.03 bits per heavy atom. The summed E-state index contributed by atoms with van der Waals surface area (Å²) in [4.78, 5) is 64.4. The van der Waals surface area contributed by atoms with Gasteiger partial charge in [0.05, 0.1) is 42.3 Å². The van der Waals surface area contributed by atoms with Gasteiger partial charge in [0, 0.05) is 62.1 Å². The zero-order valence-electron chi connectivity index (χ0n) is 37.5. The quantitative estimate of drug-likeness (QED) is 0.183. The molecule has 18 heteroatoms. The number of ketones is 2. The van der Waals surface area contributed by atoms with Gasteiger partial charge in [-0.05, 0) is 73.2 Å². The van der Waals surface area contributed by atoms with Gasteiger partial charge in [0.1, 0.15) is 29.6 Å². The maximum atomic E-state index is 14.7. The van der Waals surface area contributed by atoms with E-state index in [1.54, 1.807) is 64.7 Å². The number of nitrogens with zero attached hydrogens (tertiary/aromatic N) is 6. The number of cyclic esters (lactones) is 1. The number of pyridine rings is 1. The number of carbonyl (C=O) groups is 4. The minimum Gasteiger partial charge on any atom is -0.458 e. The number of hydrogen-bond acceptors (Lipinski definition) is 15. The van der Waals surface area contributed by atoms with E-state index < -0.39 is 83.4 Å². The maximum Gasteiger partial charge on any atom is 0.411 e. The highest BCUT2D eigenvalue weighted by molar-refractivity contribution is 7.93.